The minimum absolute atomic E-state index is 0.232. The first-order valence-electron chi connectivity index (χ1n) is 9.26. The first-order valence-corrected chi connectivity index (χ1v) is 10.7. The van der Waals surface area contributed by atoms with Crippen LogP contribution in [0, 0.1) is 0 Å². The molecule has 168 valence electrons. The van der Waals surface area contributed by atoms with Crippen molar-refractivity contribution >= 4 is 15.9 Å². The van der Waals surface area contributed by atoms with Gasteiger partial charge >= 0.3 is 6.18 Å². The Kier molecular flexibility index (Phi) is 8.23. The monoisotopic (exact) mass is 456 g/mol. The Balaban J connectivity index is 2.05. The number of methoxy groups -OCH3 is 1. The number of hydrogen-bond acceptors (Lipinski definition) is 4. The van der Waals surface area contributed by atoms with Crippen LogP contribution < -0.4 is 10.1 Å². The maximum atomic E-state index is 12.9. The van der Waals surface area contributed by atoms with Crippen molar-refractivity contribution in [2.75, 3.05) is 26.7 Å². The largest absolute Gasteiger partial charge is 0.497 e. The summed E-state index contributed by atoms with van der Waals surface area (Å²) in [5, 5.41) is 2.62. The molecule has 0 spiro atoms. The Morgan fingerprint density at radius 2 is 1.87 bits per heavy atom. The smallest absolute Gasteiger partial charge is 0.416 e. The molecule has 1 N–H and O–H groups in total. The Morgan fingerprint density at radius 1 is 1.19 bits per heavy atom. The summed E-state index contributed by atoms with van der Waals surface area (Å²) in [6, 6.07) is 10.6. The molecular formula is C21H23F3N2O4S. The van der Waals surface area contributed by atoms with Gasteiger partial charge in [-0.05, 0) is 42.3 Å². The Labute approximate surface area is 179 Å². The molecule has 0 fully saturated rings. The van der Waals surface area contributed by atoms with E-state index < -0.39 is 39.1 Å². The number of nitrogens with zero attached hydrogens (tertiary/aromatic N) is 1. The average Bonchev–Trinajstić information content (AvgIpc) is 2.73. The molecule has 2 rings (SSSR count). The highest BCUT2D eigenvalue weighted by Crippen LogP contribution is 2.31. The molecule has 2 aromatic carbocycles. The summed E-state index contributed by atoms with van der Waals surface area (Å²) in [6.45, 7) is 2.94. The van der Waals surface area contributed by atoms with Crippen molar-refractivity contribution in [3.05, 3.63) is 72.3 Å². The van der Waals surface area contributed by atoms with Crippen LogP contribution in [-0.4, -0.2) is 45.4 Å². The quantitative estimate of drug-likeness (QED) is 0.557. The third-order valence-electron chi connectivity index (χ3n) is 4.35. The van der Waals surface area contributed by atoms with Gasteiger partial charge in [0.05, 0.1) is 24.1 Å². The van der Waals surface area contributed by atoms with Gasteiger partial charge in [-0.25, -0.2) is 8.42 Å². The molecule has 10 heteroatoms. The van der Waals surface area contributed by atoms with E-state index >= 15 is 0 Å². The summed E-state index contributed by atoms with van der Waals surface area (Å²) < 4.78 is 70.3. The van der Waals surface area contributed by atoms with Gasteiger partial charge in [-0.3, -0.25) is 4.79 Å². The van der Waals surface area contributed by atoms with E-state index in [0.717, 1.165) is 28.1 Å². The van der Waals surface area contributed by atoms with Crippen molar-refractivity contribution in [3.63, 3.8) is 0 Å². The van der Waals surface area contributed by atoms with Crippen LogP contribution in [0.15, 0.2) is 66.1 Å². The van der Waals surface area contributed by atoms with E-state index in [9.17, 15) is 26.4 Å². The van der Waals surface area contributed by atoms with Crippen LogP contribution >= 0.6 is 0 Å². The highest BCUT2D eigenvalue weighted by Gasteiger charge is 2.33. The highest BCUT2D eigenvalue weighted by atomic mass is 32.2. The van der Waals surface area contributed by atoms with Crippen LogP contribution in [0.4, 0.5) is 13.2 Å². The second kappa shape index (κ2) is 10.5. The number of benzene rings is 2. The van der Waals surface area contributed by atoms with Gasteiger partial charge in [0, 0.05) is 13.1 Å². The molecule has 0 atom stereocenters. The highest BCUT2D eigenvalue weighted by molar-refractivity contribution is 7.89. The van der Waals surface area contributed by atoms with E-state index in [1.807, 2.05) is 12.1 Å². The molecule has 0 saturated heterocycles. The molecule has 0 unspecified atom stereocenters. The maximum Gasteiger partial charge on any atom is 0.416 e. The predicted octanol–water partition coefficient (Wildman–Crippen LogP) is 3.25. The number of alkyl halides is 3. The molecule has 0 aliphatic carbocycles. The number of amides is 1. The molecule has 0 radical (unpaired) electrons. The fraction of sp³-hybridized carbons (Fsp3) is 0.286. The zero-order valence-electron chi connectivity index (χ0n) is 16.9. The molecule has 0 bridgehead atoms. The van der Waals surface area contributed by atoms with Gasteiger partial charge in [-0.1, -0.05) is 24.3 Å². The van der Waals surface area contributed by atoms with E-state index in [4.69, 9.17) is 4.74 Å². The van der Waals surface area contributed by atoms with Crippen LogP contribution in [0.3, 0.4) is 0 Å². The number of sulfonamides is 1. The van der Waals surface area contributed by atoms with Crippen molar-refractivity contribution in [1.82, 2.24) is 9.62 Å². The minimum Gasteiger partial charge on any atom is -0.497 e. The molecule has 2 aromatic rings. The van der Waals surface area contributed by atoms with Crippen LogP contribution in [0.25, 0.3) is 0 Å². The van der Waals surface area contributed by atoms with E-state index in [2.05, 4.69) is 11.9 Å². The van der Waals surface area contributed by atoms with Crippen molar-refractivity contribution in [3.8, 4) is 5.75 Å². The van der Waals surface area contributed by atoms with Gasteiger partial charge in [0.1, 0.15) is 5.75 Å². The topological polar surface area (TPSA) is 75.7 Å². The van der Waals surface area contributed by atoms with Crippen molar-refractivity contribution < 1.29 is 31.1 Å². The number of rotatable bonds is 10. The molecule has 0 aromatic heterocycles. The lowest BCUT2D eigenvalue weighted by Crippen LogP contribution is -2.41. The standard InChI is InChI=1S/C21H23F3N2O4S/c1-3-13-26(31(28,29)19-6-4-5-17(14-19)21(22,23)24)15-20(27)25-12-11-16-7-9-18(30-2)10-8-16/h3-10,14H,1,11-13,15H2,2H3,(H,25,27). The zero-order valence-corrected chi connectivity index (χ0v) is 17.7. The first-order chi connectivity index (χ1) is 14.6. The van der Waals surface area contributed by atoms with Crippen molar-refractivity contribution in [1.29, 1.82) is 0 Å². The zero-order chi connectivity index (χ0) is 23.1. The van der Waals surface area contributed by atoms with Gasteiger partial charge in [0.15, 0.2) is 0 Å². The van der Waals surface area contributed by atoms with Crippen molar-refractivity contribution in [2.24, 2.45) is 0 Å². The number of halogens is 3. The van der Waals surface area contributed by atoms with Crippen LogP contribution in [0.5, 0.6) is 5.75 Å². The number of carbonyl (C=O) groups is 1. The van der Waals surface area contributed by atoms with E-state index in [1.165, 1.54) is 6.08 Å². The van der Waals surface area contributed by atoms with E-state index in [0.29, 0.717) is 18.2 Å². The van der Waals surface area contributed by atoms with Gasteiger partial charge < -0.3 is 10.1 Å². The second-order valence-electron chi connectivity index (χ2n) is 6.56. The Hall–Kier alpha value is -2.85. The van der Waals surface area contributed by atoms with E-state index in [-0.39, 0.29) is 13.1 Å². The fourth-order valence-corrected chi connectivity index (χ4v) is 4.14. The lowest BCUT2D eigenvalue weighted by Gasteiger charge is -2.21. The van der Waals surface area contributed by atoms with Crippen LogP contribution in [-0.2, 0) is 27.4 Å². The molecular weight excluding hydrogens is 433 g/mol. The molecule has 0 aliphatic heterocycles. The van der Waals surface area contributed by atoms with Gasteiger partial charge in [-0.2, -0.15) is 17.5 Å². The van der Waals surface area contributed by atoms with Crippen LogP contribution in [0.2, 0.25) is 0 Å². The Bertz CT molecular complexity index is 1010. The summed E-state index contributed by atoms with van der Waals surface area (Å²) in [7, 11) is -2.79. The fourth-order valence-electron chi connectivity index (χ4n) is 2.73. The van der Waals surface area contributed by atoms with Gasteiger partial charge in [0.2, 0.25) is 15.9 Å². The van der Waals surface area contributed by atoms with E-state index in [1.54, 1.807) is 19.2 Å². The summed E-state index contributed by atoms with van der Waals surface area (Å²) in [4.78, 5) is 11.7. The Morgan fingerprint density at radius 3 is 2.45 bits per heavy atom. The molecule has 0 saturated carbocycles. The number of ether oxygens (including phenoxy) is 1. The third kappa shape index (κ3) is 6.83. The third-order valence-corrected chi connectivity index (χ3v) is 6.15. The molecule has 31 heavy (non-hydrogen) atoms. The lowest BCUT2D eigenvalue weighted by molar-refractivity contribution is -0.137. The number of nitrogens with one attached hydrogen (secondary N) is 1. The normalized spacial score (nSPS) is 11.9. The molecule has 0 aliphatic rings. The summed E-state index contributed by atoms with van der Waals surface area (Å²) in [5.74, 6) is 0.124. The van der Waals surface area contributed by atoms with Crippen LogP contribution in [0.1, 0.15) is 11.1 Å². The SMILES string of the molecule is C=CCN(CC(=O)NCCc1ccc(OC)cc1)S(=O)(=O)c1cccc(C(F)(F)F)c1. The molecule has 0 heterocycles. The molecule has 1 amide bonds. The lowest BCUT2D eigenvalue weighted by atomic mass is 10.1. The average molecular weight is 456 g/mol. The summed E-state index contributed by atoms with van der Waals surface area (Å²) in [5.41, 5.74) is -0.142. The predicted molar refractivity (Wildman–Crippen MR) is 110 cm³/mol. The van der Waals surface area contributed by atoms with Gasteiger partial charge in [0.25, 0.3) is 0 Å². The number of carbonyl (C=O) groups excluding carboxylic acids is 1. The molecule has 6 nitrogen and oxygen atoms in total. The maximum absolute atomic E-state index is 12.9. The summed E-state index contributed by atoms with van der Waals surface area (Å²) in [6.07, 6.45) is -2.92. The first kappa shape index (κ1) is 24.4. The summed E-state index contributed by atoms with van der Waals surface area (Å²) >= 11 is 0. The second-order valence-corrected chi connectivity index (χ2v) is 8.50. The van der Waals surface area contributed by atoms with Gasteiger partial charge in [-0.15, -0.1) is 6.58 Å². The number of hydrogen-bond donors (Lipinski definition) is 1. The van der Waals surface area contributed by atoms with Crippen molar-refractivity contribution in [2.45, 2.75) is 17.5 Å². The minimum atomic E-state index is -4.69.